The van der Waals surface area contributed by atoms with Crippen LogP contribution in [0.1, 0.15) is 16.8 Å². The van der Waals surface area contributed by atoms with Crippen LogP contribution in [-0.2, 0) is 0 Å². The van der Waals surface area contributed by atoms with Gasteiger partial charge in [-0.3, -0.25) is 0 Å². The fourth-order valence-electron chi connectivity index (χ4n) is 1.97. The van der Waals surface area contributed by atoms with Gasteiger partial charge in [0.2, 0.25) is 0 Å². The van der Waals surface area contributed by atoms with Crippen LogP contribution in [0.5, 0.6) is 0 Å². The highest BCUT2D eigenvalue weighted by Crippen LogP contribution is 2.26. The van der Waals surface area contributed by atoms with Crippen LogP contribution in [0.2, 0.25) is 0 Å². The summed E-state index contributed by atoms with van der Waals surface area (Å²) in [4.78, 5) is 26.4. The number of hydrogen-bond donors (Lipinski definition) is 2. The average molecular weight is 252 g/mol. The second-order valence-electron chi connectivity index (χ2n) is 4.12. The van der Waals surface area contributed by atoms with Gasteiger partial charge in [-0.2, -0.15) is 0 Å². The Bertz CT molecular complexity index is 505. The lowest BCUT2D eigenvalue weighted by molar-refractivity contribution is -0.389. The first-order valence-electron chi connectivity index (χ1n) is 5.37. The summed E-state index contributed by atoms with van der Waals surface area (Å²) in [5.74, 6) is -1.68. The molecule has 0 spiro atoms. The first-order valence-corrected chi connectivity index (χ1v) is 5.37. The number of nitrogens with two attached hydrogens (primary N) is 1. The molecular formula is C10H12N4O4. The molecule has 2 rings (SSSR count). The Morgan fingerprint density at radius 3 is 2.89 bits per heavy atom. The highest BCUT2D eigenvalue weighted by Gasteiger charge is 2.26. The number of anilines is 1. The standard InChI is InChI=1S/C10H12N4O4/c11-6-1-2-13(5-6)8-4-12-9(14(17)18)3-7(8)10(15)16/h3-4,6H,1-2,5,11H2,(H,15,16). The second kappa shape index (κ2) is 4.57. The van der Waals surface area contributed by atoms with E-state index in [0.29, 0.717) is 18.8 Å². The van der Waals surface area contributed by atoms with Crippen molar-refractivity contribution in [3.05, 3.63) is 27.9 Å². The summed E-state index contributed by atoms with van der Waals surface area (Å²) in [5, 5.41) is 19.7. The molecule has 3 N–H and O–H groups in total. The molecule has 0 saturated carbocycles. The van der Waals surface area contributed by atoms with Crippen molar-refractivity contribution < 1.29 is 14.8 Å². The van der Waals surface area contributed by atoms with Gasteiger partial charge >= 0.3 is 11.8 Å². The van der Waals surface area contributed by atoms with Gasteiger partial charge in [-0.05, 0) is 16.3 Å². The number of hydrogen-bond acceptors (Lipinski definition) is 6. The molecule has 8 heteroatoms. The quantitative estimate of drug-likeness (QED) is 0.582. The van der Waals surface area contributed by atoms with E-state index in [-0.39, 0.29) is 11.6 Å². The van der Waals surface area contributed by atoms with Gasteiger partial charge in [0.25, 0.3) is 0 Å². The predicted molar refractivity (Wildman–Crippen MR) is 62.7 cm³/mol. The minimum Gasteiger partial charge on any atom is -0.478 e. The van der Waals surface area contributed by atoms with Crippen molar-refractivity contribution in [2.75, 3.05) is 18.0 Å². The molecule has 1 unspecified atom stereocenters. The van der Waals surface area contributed by atoms with Crippen LogP contribution in [0.25, 0.3) is 0 Å². The number of carboxylic acids is 1. The molecule has 96 valence electrons. The summed E-state index contributed by atoms with van der Waals surface area (Å²) >= 11 is 0. The van der Waals surface area contributed by atoms with Gasteiger partial charge in [0.15, 0.2) is 6.20 Å². The largest absolute Gasteiger partial charge is 0.478 e. The number of aromatic carboxylic acids is 1. The molecule has 0 amide bonds. The number of carbonyl (C=O) groups is 1. The molecule has 1 fully saturated rings. The number of rotatable bonds is 3. The minimum absolute atomic E-state index is 0.0122. The van der Waals surface area contributed by atoms with E-state index in [9.17, 15) is 14.9 Å². The highest BCUT2D eigenvalue weighted by atomic mass is 16.6. The van der Waals surface area contributed by atoms with Gasteiger partial charge in [-0.25, -0.2) is 4.79 Å². The molecule has 1 aliphatic rings. The lowest BCUT2D eigenvalue weighted by atomic mass is 10.2. The van der Waals surface area contributed by atoms with Gasteiger partial charge in [0.1, 0.15) is 0 Å². The van der Waals surface area contributed by atoms with E-state index in [0.717, 1.165) is 12.5 Å². The Morgan fingerprint density at radius 1 is 1.67 bits per heavy atom. The van der Waals surface area contributed by atoms with E-state index in [2.05, 4.69) is 4.98 Å². The number of nitro groups is 1. The Kier molecular flexibility index (Phi) is 3.11. The number of pyridine rings is 1. The van der Waals surface area contributed by atoms with Crippen molar-refractivity contribution >= 4 is 17.5 Å². The van der Waals surface area contributed by atoms with E-state index in [1.54, 1.807) is 4.90 Å². The van der Waals surface area contributed by atoms with Crippen LogP contribution in [0.3, 0.4) is 0 Å². The maximum Gasteiger partial charge on any atom is 0.364 e. The first-order chi connectivity index (χ1) is 8.49. The van der Waals surface area contributed by atoms with E-state index < -0.39 is 16.7 Å². The van der Waals surface area contributed by atoms with Gasteiger partial charge in [-0.1, -0.05) is 0 Å². The maximum absolute atomic E-state index is 11.1. The molecule has 1 aromatic rings. The minimum atomic E-state index is -1.21. The van der Waals surface area contributed by atoms with Crippen LogP contribution in [-0.4, -0.2) is 40.1 Å². The summed E-state index contributed by atoms with van der Waals surface area (Å²) in [6.45, 7) is 1.15. The molecule has 1 aromatic heterocycles. The zero-order valence-corrected chi connectivity index (χ0v) is 9.44. The Hall–Kier alpha value is -2.22. The van der Waals surface area contributed by atoms with E-state index in [4.69, 9.17) is 10.8 Å². The third-order valence-electron chi connectivity index (χ3n) is 2.85. The van der Waals surface area contributed by atoms with Crippen molar-refractivity contribution in [3.63, 3.8) is 0 Å². The predicted octanol–water partition coefficient (Wildman–Crippen LogP) is 0.225. The normalized spacial score (nSPS) is 18.9. The molecule has 1 atom stereocenters. The van der Waals surface area contributed by atoms with Crippen molar-refractivity contribution in [3.8, 4) is 0 Å². The molecular weight excluding hydrogens is 240 g/mol. The average Bonchev–Trinajstić information content (AvgIpc) is 2.74. The monoisotopic (exact) mass is 252 g/mol. The maximum atomic E-state index is 11.1. The smallest absolute Gasteiger partial charge is 0.364 e. The highest BCUT2D eigenvalue weighted by molar-refractivity contribution is 5.94. The van der Waals surface area contributed by atoms with E-state index >= 15 is 0 Å². The SMILES string of the molecule is NC1CCN(c2cnc([N+](=O)[O-])cc2C(=O)O)C1. The Balaban J connectivity index is 2.41. The fraction of sp³-hybridized carbons (Fsp3) is 0.400. The van der Waals surface area contributed by atoms with Gasteiger partial charge < -0.3 is 25.9 Å². The topological polar surface area (TPSA) is 123 Å². The second-order valence-corrected chi connectivity index (χ2v) is 4.12. The fourth-order valence-corrected chi connectivity index (χ4v) is 1.97. The third-order valence-corrected chi connectivity index (χ3v) is 2.85. The molecule has 2 heterocycles. The molecule has 0 bridgehead atoms. The van der Waals surface area contributed by atoms with Crippen LogP contribution in [0, 0.1) is 10.1 Å². The summed E-state index contributed by atoms with van der Waals surface area (Å²) in [6.07, 6.45) is 1.98. The van der Waals surface area contributed by atoms with Crippen molar-refractivity contribution in [2.45, 2.75) is 12.5 Å². The Morgan fingerprint density at radius 2 is 2.39 bits per heavy atom. The van der Waals surface area contributed by atoms with Crippen molar-refractivity contribution in [2.24, 2.45) is 5.73 Å². The molecule has 0 aromatic carbocycles. The van der Waals surface area contributed by atoms with Gasteiger partial charge in [-0.15, -0.1) is 0 Å². The molecule has 8 nitrogen and oxygen atoms in total. The van der Waals surface area contributed by atoms with Gasteiger partial charge in [0, 0.05) is 19.1 Å². The molecule has 0 radical (unpaired) electrons. The summed E-state index contributed by atoms with van der Waals surface area (Å²) in [6, 6.07) is 0.962. The zero-order chi connectivity index (χ0) is 13.3. The molecule has 0 aliphatic carbocycles. The number of nitrogens with zero attached hydrogens (tertiary/aromatic N) is 3. The van der Waals surface area contributed by atoms with E-state index in [1.165, 1.54) is 6.20 Å². The number of carboxylic acid groups (broad SMARTS) is 1. The first kappa shape index (κ1) is 12.2. The summed E-state index contributed by atoms with van der Waals surface area (Å²) in [7, 11) is 0. The lowest BCUT2D eigenvalue weighted by Crippen LogP contribution is -2.27. The van der Waals surface area contributed by atoms with Crippen molar-refractivity contribution in [1.29, 1.82) is 0 Å². The van der Waals surface area contributed by atoms with Gasteiger partial charge in [0.05, 0.1) is 17.3 Å². The summed E-state index contributed by atoms with van der Waals surface area (Å²) in [5.41, 5.74) is 6.01. The lowest BCUT2D eigenvalue weighted by Gasteiger charge is -2.18. The third kappa shape index (κ3) is 2.23. The van der Waals surface area contributed by atoms with Crippen molar-refractivity contribution in [1.82, 2.24) is 4.98 Å². The summed E-state index contributed by atoms with van der Waals surface area (Å²) < 4.78 is 0. The zero-order valence-electron chi connectivity index (χ0n) is 9.44. The Labute approximate surface area is 102 Å². The molecule has 1 aliphatic heterocycles. The molecule has 18 heavy (non-hydrogen) atoms. The van der Waals surface area contributed by atoms with Crippen LogP contribution >= 0.6 is 0 Å². The van der Waals surface area contributed by atoms with Crippen LogP contribution in [0.4, 0.5) is 11.5 Å². The number of aromatic nitrogens is 1. The van der Waals surface area contributed by atoms with Crippen LogP contribution < -0.4 is 10.6 Å². The van der Waals surface area contributed by atoms with Crippen LogP contribution in [0.15, 0.2) is 12.3 Å². The van der Waals surface area contributed by atoms with E-state index in [1.807, 2.05) is 0 Å². The molecule has 1 saturated heterocycles.